The molecular weight excluding hydrogens is 482 g/mol. The van der Waals surface area contributed by atoms with E-state index in [0.29, 0.717) is 36.0 Å². The zero-order chi connectivity index (χ0) is 26.6. The van der Waals surface area contributed by atoms with Crippen LogP contribution in [0.2, 0.25) is 18.1 Å². The first-order chi connectivity index (χ1) is 17.0. The lowest BCUT2D eigenvalue weighted by Gasteiger charge is -2.30. The summed E-state index contributed by atoms with van der Waals surface area (Å²) in [7, 11) is 4.31. The van der Waals surface area contributed by atoms with Crippen molar-refractivity contribution in [1.29, 1.82) is 0 Å². The molecule has 0 bridgehead atoms. The SMILES string of the molecule is CO[Si](CCCc1cc(O)n(C)c1O)(CCCc1cc(O)n(C)c1O)CCCc1cc(O)n(C)c1O. The van der Waals surface area contributed by atoms with Crippen molar-refractivity contribution in [2.45, 2.75) is 56.7 Å². The molecule has 10 nitrogen and oxygen atoms in total. The molecule has 0 aromatic carbocycles. The van der Waals surface area contributed by atoms with E-state index in [-0.39, 0.29) is 35.3 Å². The minimum atomic E-state index is -2.26. The Kier molecular flexibility index (Phi) is 8.57. The lowest BCUT2D eigenvalue weighted by atomic mass is 10.2. The van der Waals surface area contributed by atoms with E-state index in [4.69, 9.17) is 4.43 Å². The van der Waals surface area contributed by atoms with Crippen molar-refractivity contribution >= 4 is 8.32 Å². The van der Waals surface area contributed by atoms with E-state index < -0.39 is 8.32 Å². The van der Waals surface area contributed by atoms with Gasteiger partial charge in [0.2, 0.25) is 0 Å². The molecule has 0 saturated heterocycles. The van der Waals surface area contributed by atoms with Gasteiger partial charge in [-0.25, -0.2) is 0 Å². The fourth-order valence-electron chi connectivity index (χ4n) is 4.96. The van der Waals surface area contributed by atoms with Crippen molar-refractivity contribution < 1.29 is 35.1 Å². The molecule has 36 heavy (non-hydrogen) atoms. The van der Waals surface area contributed by atoms with Gasteiger partial charge >= 0.3 is 0 Å². The van der Waals surface area contributed by atoms with Crippen LogP contribution in [0, 0.1) is 0 Å². The fraction of sp³-hybridized carbons (Fsp3) is 0.520. The molecular formula is C25H39N3O7Si. The zero-order valence-corrected chi connectivity index (χ0v) is 22.5. The Morgan fingerprint density at radius 1 is 0.583 bits per heavy atom. The maximum absolute atomic E-state index is 10.2. The van der Waals surface area contributed by atoms with E-state index in [9.17, 15) is 30.6 Å². The molecule has 3 rings (SSSR count). The van der Waals surface area contributed by atoms with Gasteiger partial charge in [-0.05, 0) is 56.7 Å². The number of nitrogens with zero attached hydrogens (tertiary/aromatic N) is 3. The maximum Gasteiger partial charge on any atom is 0.196 e. The first-order valence-electron chi connectivity index (χ1n) is 12.2. The predicted octanol–water partition coefficient (Wildman–Crippen LogP) is 3.73. The van der Waals surface area contributed by atoms with Crippen LogP contribution in [0.3, 0.4) is 0 Å². The largest absolute Gasteiger partial charge is 0.494 e. The molecule has 0 amide bonds. The molecule has 0 atom stereocenters. The number of aromatic hydroxyl groups is 6. The zero-order valence-electron chi connectivity index (χ0n) is 21.5. The van der Waals surface area contributed by atoms with Crippen molar-refractivity contribution in [2.24, 2.45) is 21.1 Å². The Balaban J connectivity index is 1.68. The summed E-state index contributed by atoms with van der Waals surface area (Å²) in [5.74, 6) is 0.265. The van der Waals surface area contributed by atoms with Crippen LogP contribution in [0.1, 0.15) is 36.0 Å². The number of hydrogen-bond donors (Lipinski definition) is 6. The van der Waals surface area contributed by atoms with Gasteiger partial charge in [0.15, 0.2) is 43.6 Å². The summed E-state index contributed by atoms with van der Waals surface area (Å²) in [5, 5.41) is 60.3. The van der Waals surface area contributed by atoms with Gasteiger partial charge < -0.3 is 35.1 Å². The first-order valence-corrected chi connectivity index (χ1v) is 14.8. The van der Waals surface area contributed by atoms with Gasteiger partial charge in [-0.15, -0.1) is 0 Å². The van der Waals surface area contributed by atoms with Crippen LogP contribution in [0.25, 0.3) is 0 Å². The summed E-state index contributed by atoms with van der Waals surface area (Å²) in [5.41, 5.74) is 2.09. The van der Waals surface area contributed by atoms with E-state index in [2.05, 4.69) is 0 Å². The maximum atomic E-state index is 10.2. The van der Waals surface area contributed by atoms with Crippen molar-refractivity contribution in [3.63, 3.8) is 0 Å². The van der Waals surface area contributed by atoms with Crippen LogP contribution in [0.15, 0.2) is 18.2 Å². The molecule has 0 aliphatic carbocycles. The summed E-state index contributed by atoms with van der Waals surface area (Å²) < 4.78 is 10.3. The number of hydrogen-bond acceptors (Lipinski definition) is 7. The third-order valence-electron chi connectivity index (χ3n) is 7.42. The average Bonchev–Trinajstić information content (AvgIpc) is 3.35. The molecule has 0 aliphatic rings. The molecule has 11 heteroatoms. The van der Waals surface area contributed by atoms with Crippen molar-refractivity contribution in [3.05, 3.63) is 34.9 Å². The number of rotatable bonds is 13. The molecule has 0 spiro atoms. The summed E-state index contributed by atoms with van der Waals surface area (Å²) in [6.45, 7) is 0. The molecule has 6 N–H and O–H groups in total. The third-order valence-corrected chi connectivity index (χ3v) is 12.1. The molecule has 3 aromatic rings. The van der Waals surface area contributed by atoms with Crippen LogP contribution < -0.4 is 0 Å². The molecule has 3 heterocycles. The second-order valence-electron chi connectivity index (χ2n) is 9.68. The van der Waals surface area contributed by atoms with Gasteiger partial charge in [-0.1, -0.05) is 0 Å². The lowest BCUT2D eigenvalue weighted by Crippen LogP contribution is -2.37. The van der Waals surface area contributed by atoms with E-state index in [1.807, 2.05) is 0 Å². The predicted molar refractivity (Wildman–Crippen MR) is 138 cm³/mol. The van der Waals surface area contributed by atoms with E-state index in [0.717, 1.165) is 37.4 Å². The molecule has 3 aromatic heterocycles. The van der Waals surface area contributed by atoms with Crippen LogP contribution in [-0.4, -0.2) is 59.8 Å². The van der Waals surface area contributed by atoms with Crippen LogP contribution in [-0.2, 0) is 44.8 Å². The smallest absolute Gasteiger partial charge is 0.196 e. The Morgan fingerprint density at radius 2 is 0.861 bits per heavy atom. The van der Waals surface area contributed by atoms with Gasteiger partial charge in [0, 0.05) is 63.1 Å². The molecule has 0 saturated carbocycles. The minimum Gasteiger partial charge on any atom is -0.494 e. The highest BCUT2D eigenvalue weighted by molar-refractivity contribution is 6.73. The van der Waals surface area contributed by atoms with E-state index in [1.54, 1.807) is 46.5 Å². The van der Waals surface area contributed by atoms with Crippen LogP contribution in [0.5, 0.6) is 35.3 Å². The van der Waals surface area contributed by atoms with E-state index in [1.165, 1.54) is 13.7 Å². The highest BCUT2D eigenvalue weighted by Crippen LogP contribution is 2.35. The van der Waals surface area contributed by atoms with Crippen LogP contribution in [0.4, 0.5) is 0 Å². The highest BCUT2D eigenvalue weighted by Gasteiger charge is 2.33. The fourth-order valence-corrected chi connectivity index (χ4v) is 8.79. The third kappa shape index (κ3) is 5.79. The van der Waals surface area contributed by atoms with Gasteiger partial charge in [0.05, 0.1) is 0 Å². The Morgan fingerprint density at radius 3 is 1.06 bits per heavy atom. The minimum absolute atomic E-state index is 0.0228. The van der Waals surface area contributed by atoms with Crippen molar-refractivity contribution in [1.82, 2.24) is 13.7 Å². The summed E-state index contributed by atoms with van der Waals surface area (Å²) >= 11 is 0. The topological polar surface area (TPSA) is 145 Å². The van der Waals surface area contributed by atoms with Crippen molar-refractivity contribution in [3.8, 4) is 35.3 Å². The van der Waals surface area contributed by atoms with Gasteiger partial charge in [-0.3, -0.25) is 13.7 Å². The monoisotopic (exact) mass is 521 g/mol. The Labute approximate surface area is 212 Å². The van der Waals surface area contributed by atoms with E-state index >= 15 is 0 Å². The van der Waals surface area contributed by atoms with Gasteiger partial charge in [0.1, 0.15) is 0 Å². The average molecular weight is 522 g/mol. The summed E-state index contributed by atoms with van der Waals surface area (Å²) in [6, 6.07) is 7.28. The standard InChI is InChI=1S/C25H39N3O7Si/c1-26-20(29)14-17(23(26)32)8-5-11-36(35-4,12-6-9-18-15-21(30)27(2)24(18)33)13-7-10-19-16-22(31)28(3)25(19)34/h14-16,29-34H,5-13H2,1-4H3. The van der Waals surface area contributed by atoms with Gasteiger partial charge in [0.25, 0.3) is 0 Å². The molecule has 200 valence electrons. The summed E-state index contributed by atoms with van der Waals surface area (Å²) in [4.78, 5) is 0. The van der Waals surface area contributed by atoms with Gasteiger partial charge in [-0.2, -0.15) is 0 Å². The molecule has 0 aliphatic heterocycles. The second kappa shape index (κ2) is 11.3. The Bertz CT molecular complexity index is 1040. The first kappa shape index (κ1) is 27.4. The normalized spacial score (nSPS) is 12.0. The molecule has 0 radical (unpaired) electrons. The van der Waals surface area contributed by atoms with Crippen molar-refractivity contribution in [2.75, 3.05) is 7.11 Å². The number of aromatic nitrogens is 3. The lowest BCUT2D eigenvalue weighted by molar-refractivity contribution is 0.378. The quantitative estimate of drug-likeness (QED) is 0.188. The molecule has 0 fully saturated rings. The summed E-state index contributed by atoms with van der Waals surface area (Å²) in [6.07, 6.45) is 4.18. The number of aryl methyl sites for hydroxylation is 3. The Hall–Kier alpha value is -3.18. The molecule has 0 unspecified atom stereocenters. The second-order valence-corrected chi connectivity index (χ2v) is 14.0. The van der Waals surface area contributed by atoms with Crippen LogP contribution >= 0.6 is 0 Å². The highest BCUT2D eigenvalue weighted by atomic mass is 28.4.